The summed E-state index contributed by atoms with van der Waals surface area (Å²) in [7, 11) is 1.61. The first kappa shape index (κ1) is 23.6. The molecule has 3 rings (SSSR count). The van der Waals surface area contributed by atoms with Gasteiger partial charge in [-0.3, -0.25) is 9.59 Å². The van der Waals surface area contributed by atoms with Gasteiger partial charge < -0.3 is 24.8 Å². The zero-order chi connectivity index (χ0) is 23.1. The smallest absolute Gasteiger partial charge is 0.251 e. The molecule has 2 aromatic carbocycles. The number of amides is 2. The molecule has 7 heteroatoms. The van der Waals surface area contributed by atoms with Gasteiger partial charge in [0.15, 0.2) is 11.5 Å². The molecule has 32 heavy (non-hydrogen) atoms. The Morgan fingerprint density at radius 1 is 1.06 bits per heavy atom. The van der Waals surface area contributed by atoms with Crippen LogP contribution in [0.5, 0.6) is 11.5 Å². The summed E-state index contributed by atoms with van der Waals surface area (Å²) in [4.78, 5) is 25.0. The molecule has 1 fully saturated rings. The first-order chi connectivity index (χ1) is 15.4. The Morgan fingerprint density at radius 2 is 1.75 bits per heavy atom. The zero-order valence-electron chi connectivity index (χ0n) is 19.1. The lowest BCUT2D eigenvalue weighted by Gasteiger charge is -2.33. The fourth-order valence-electron chi connectivity index (χ4n) is 3.80. The minimum absolute atomic E-state index is 0.00564. The van der Waals surface area contributed by atoms with E-state index in [1.54, 1.807) is 31.4 Å². The Labute approximate surface area is 189 Å². The van der Waals surface area contributed by atoms with E-state index in [9.17, 15) is 9.59 Å². The van der Waals surface area contributed by atoms with Crippen molar-refractivity contribution < 1.29 is 23.8 Å². The van der Waals surface area contributed by atoms with Crippen LogP contribution in [0.1, 0.15) is 59.4 Å². The van der Waals surface area contributed by atoms with Gasteiger partial charge >= 0.3 is 0 Å². The molecule has 0 saturated carbocycles. The van der Waals surface area contributed by atoms with Crippen LogP contribution in [0.25, 0.3) is 0 Å². The SMILES string of the molecule is CCOc1cc([C@H]2COCC[C@H]2NC(=O)c2ccc(C(=O)NC(C)C)cc2)ccc1OC. The first-order valence-corrected chi connectivity index (χ1v) is 11.0. The Bertz CT molecular complexity index is 926. The quantitative estimate of drug-likeness (QED) is 0.656. The highest BCUT2D eigenvalue weighted by molar-refractivity contribution is 5.98. The number of ether oxygens (including phenoxy) is 3. The third kappa shape index (κ3) is 5.79. The van der Waals surface area contributed by atoms with Crippen LogP contribution in [0.3, 0.4) is 0 Å². The third-order valence-corrected chi connectivity index (χ3v) is 5.42. The van der Waals surface area contributed by atoms with Gasteiger partial charge in [0.2, 0.25) is 0 Å². The number of carbonyl (C=O) groups excluding carboxylic acids is 2. The van der Waals surface area contributed by atoms with Gasteiger partial charge in [-0.15, -0.1) is 0 Å². The molecule has 0 bridgehead atoms. The van der Waals surface area contributed by atoms with Crippen LogP contribution in [-0.2, 0) is 4.74 Å². The second-order valence-corrected chi connectivity index (χ2v) is 8.10. The number of nitrogens with one attached hydrogen (secondary N) is 2. The summed E-state index contributed by atoms with van der Waals surface area (Å²) in [6.45, 7) is 7.37. The fraction of sp³-hybridized carbons (Fsp3) is 0.440. The zero-order valence-corrected chi connectivity index (χ0v) is 19.1. The summed E-state index contributed by atoms with van der Waals surface area (Å²) in [5.41, 5.74) is 2.07. The lowest BCUT2D eigenvalue weighted by atomic mass is 9.88. The van der Waals surface area contributed by atoms with E-state index in [1.165, 1.54) is 0 Å². The summed E-state index contributed by atoms with van der Waals surface area (Å²) in [6, 6.07) is 12.5. The Balaban J connectivity index is 1.73. The number of benzene rings is 2. The lowest BCUT2D eigenvalue weighted by molar-refractivity contribution is 0.0555. The number of methoxy groups -OCH3 is 1. The van der Waals surface area contributed by atoms with Crippen LogP contribution in [0.4, 0.5) is 0 Å². The highest BCUT2D eigenvalue weighted by Crippen LogP contribution is 2.34. The molecule has 2 amide bonds. The van der Waals surface area contributed by atoms with Gasteiger partial charge in [-0.05, 0) is 69.2 Å². The van der Waals surface area contributed by atoms with Crippen molar-refractivity contribution in [3.05, 3.63) is 59.2 Å². The average molecular weight is 441 g/mol. The highest BCUT2D eigenvalue weighted by Gasteiger charge is 2.29. The van der Waals surface area contributed by atoms with E-state index in [1.807, 2.05) is 39.0 Å². The predicted octanol–water partition coefficient (Wildman–Crippen LogP) is 3.53. The van der Waals surface area contributed by atoms with Crippen molar-refractivity contribution in [3.8, 4) is 11.5 Å². The summed E-state index contributed by atoms with van der Waals surface area (Å²) in [5.74, 6) is 1.03. The van der Waals surface area contributed by atoms with Crippen LogP contribution < -0.4 is 20.1 Å². The summed E-state index contributed by atoms with van der Waals surface area (Å²) in [6.07, 6.45) is 0.710. The molecule has 7 nitrogen and oxygen atoms in total. The van der Waals surface area contributed by atoms with Crippen LogP contribution in [0, 0.1) is 0 Å². The Morgan fingerprint density at radius 3 is 2.38 bits per heavy atom. The van der Waals surface area contributed by atoms with E-state index in [-0.39, 0.29) is 29.8 Å². The molecule has 2 atom stereocenters. The molecule has 2 N–H and O–H groups in total. The van der Waals surface area contributed by atoms with E-state index in [0.717, 1.165) is 5.56 Å². The highest BCUT2D eigenvalue weighted by atomic mass is 16.5. The van der Waals surface area contributed by atoms with Crippen LogP contribution in [0.15, 0.2) is 42.5 Å². The maximum absolute atomic E-state index is 12.9. The fourth-order valence-corrected chi connectivity index (χ4v) is 3.80. The minimum Gasteiger partial charge on any atom is -0.493 e. The Hall–Kier alpha value is -3.06. The van der Waals surface area contributed by atoms with E-state index in [4.69, 9.17) is 14.2 Å². The minimum atomic E-state index is -0.170. The third-order valence-electron chi connectivity index (χ3n) is 5.42. The number of hydrogen-bond acceptors (Lipinski definition) is 5. The van der Waals surface area contributed by atoms with Crippen molar-refractivity contribution in [2.75, 3.05) is 26.9 Å². The van der Waals surface area contributed by atoms with Gasteiger partial charge in [-0.25, -0.2) is 0 Å². The molecule has 1 aliphatic heterocycles. The molecular weight excluding hydrogens is 408 g/mol. The molecule has 1 saturated heterocycles. The Kier molecular flexibility index (Phi) is 8.11. The standard InChI is InChI=1S/C25H32N2O5/c1-5-32-23-14-19(10-11-22(23)30-4)20-15-31-13-12-21(20)27-25(29)18-8-6-17(7-9-18)24(28)26-16(2)3/h6-11,14,16,20-21H,5,12-13,15H2,1-4H3,(H,26,28)(H,27,29)/t20-,21-/m1/s1. The van der Waals surface area contributed by atoms with Gasteiger partial charge in [0, 0.05) is 35.7 Å². The molecule has 0 aliphatic carbocycles. The average Bonchev–Trinajstić information content (AvgIpc) is 2.79. The van der Waals surface area contributed by atoms with Gasteiger partial charge in [0.1, 0.15) is 0 Å². The first-order valence-electron chi connectivity index (χ1n) is 11.0. The van der Waals surface area contributed by atoms with Crippen LogP contribution in [0.2, 0.25) is 0 Å². The molecule has 0 aromatic heterocycles. The van der Waals surface area contributed by atoms with Gasteiger partial charge in [-0.1, -0.05) is 6.07 Å². The van der Waals surface area contributed by atoms with E-state index < -0.39 is 0 Å². The van der Waals surface area contributed by atoms with Crippen molar-refractivity contribution in [1.82, 2.24) is 10.6 Å². The van der Waals surface area contributed by atoms with Crippen LogP contribution in [-0.4, -0.2) is 50.8 Å². The monoisotopic (exact) mass is 440 g/mol. The van der Waals surface area contributed by atoms with Crippen molar-refractivity contribution in [2.24, 2.45) is 0 Å². The maximum atomic E-state index is 12.9. The maximum Gasteiger partial charge on any atom is 0.251 e. The summed E-state index contributed by atoms with van der Waals surface area (Å²) >= 11 is 0. The largest absolute Gasteiger partial charge is 0.493 e. The molecular formula is C25H32N2O5. The van der Waals surface area contributed by atoms with Gasteiger partial charge in [-0.2, -0.15) is 0 Å². The molecule has 172 valence electrons. The van der Waals surface area contributed by atoms with E-state index in [0.29, 0.717) is 48.9 Å². The summed E-state index contributed by atoms with van der Waals surface area (Å²) in [5, 5.41) is 6.00. The number of carbonyl (C=O) groups is 2. The molecule has 1 heterocycles. The topological polar surface area (TPSA) is 85.9 Å². The van der Waals surface area contributed by atoms with Crippen molar-refractivity contribution in [1.29, 1.82) is 0 Å². The molecule has 2 aromatic rings. The van der Waals surface area contributed by atoms with Crippen molar-refractivity contribution in [3.63, 3.8) is 0 Å². The lowest BCUT2D eigenvalue weighted by Crippen LogP contribution is -2.44. The second-order valence-electron chi connectivity index (χ2n) is 8.10. The summed E-state index contributed by atoms with van der Waals surface area (Å²) < 4.78 is 16.8. The molecule has 1 aliphatic rings. The number of hydrogen-bond donors (Lipinski definition) is 2. The van der Waals surface area contributed by atoms with Crippen LogP contribution >= 0.6 is 0 Å². The molecule has 0 spiro atoms. The van der Waals surface area contributed by atoms with Gasteiger partial charge in [0.25, 0.3) is 11.8 Å². The van der Waals surface area contributed by atoms with E-state index >= 15 is 0 Å². The normalized spacial score (nSPS) is 18.2. The van der Waals surface area contributed by atoms with E-state index in [2.05, 4.69) is 10.6 Å². The molecule has 0 unspecified atom stereocenters. The molecule has 0 radical (unpaired) electrons. The van der Waals surface area contributed by atoms with Gasteiger partial charge in [0.05, 0.1) is 20.3 Å². The van der Waals surface area contributed by atoms with Crippen molar-refractivity contribution in [2.45, 2.75) is 45.2 Å². The predicted molar refractivity (Wildman–Crippen MR) is 123 cm³/mol. The number of rotatable bonds is 8. The van der Waals surface area contributed by atoms with Crippen molar-refractivity contribution >= 4 is 11.8 Å². The second kappa shape index (κ2) is 11.0.